The molecule has 0 bridgehead atoms. The van der Waals surface area contributed by atoms with Gasteiger partial charge in [-0.25, -0.2) is 0 Å². The number of hydrogen-bond acceptors (Lipinski definition) is 2. The Hall–Kier alpha value is -1.59. The van der Waals surface area contributed by atoms with Crippen LogP contribution in [0.3, 0.4) is 0 Å². The lowest BCUT2D eigenvalue weighted by Gasteiger charge is -2.07. The Labute approximate surface area is 111 Å². The van der Waals surface area contributed by atoms with Crippen molar-refractivity contribution >= 4 is 29.1 Å². The van der Waals surface area contributed by atoms with Crippen LogP contribution in [0, 0.1) is 6.92 Å². The van der Waals surface area contributed by atoms with Crippen molar-refractivity contribution in [2.45, 2.75) is 6.92 Å². The largest absolute Gasteiger partial charge is 0.354 e. The lowest BCUT2D eigenvalue weighted by atomic mass is 10.2. The average molecular weight is 271 g/mol. The van der Waals surface area contributed by atoms with Crippen LogP contribution < -0.4 is 16.0 Å². The van der Waals surface area contributed by atoms with E-state index in [2.05, 4.69) is 10.6 Å². The normalized spacial score (nSPS) is 9.94. The molecule has 5 nitrogen and oxygen atoms in total. The third-order valence-electron chi connectivity index (χ3n) is 2.40. The van der Waals surface area contributed by atoms with Gasteiger partial charge in [-0.3, -0.25) is 9.59 Å². The SMILES string of the molecule is CNC(=O)C[NH2+]CC(=O)Nc1ccc(Cl)cc1C. The number of carbonyl (C=O) groups is 2. The van der Waals surface area contributed by atoms with E-state index in [9.17, 15) is 9.59 Å². The van der Waals surface area contributed by atoms with Crippen LogP contribution in [0.1, 0.15) is 5.56 Å². The summed E-state index contributed by atoms with van der Waals surface area (Å²) < 4.78 is 0. The van der Waals surface area contributed by atoms with E-state index >= 15 is 0 Å². The fourth-order valence-electron chi connectivity index (χ4n) is 1.40. The van der Waals surface area contributed by atoms with Gasteiger partial charge in [0.2, 0.25) is 0 Å². The molecule has 4 N–H and O–H groups in total. The van der Waals surface area contributed by atoms with Gasteiger partial charge in [-0.1, -0.05) is 11.6 Å². The Morgan fingerprint density at radius 3 is 2.56 bits per heavy atom. The summed E-state index contributed by atoms with van der Waals surface area (Å²) in [6.07, 6.45) is 0. The third kappa shape index (κ3) is 4.73. The van der Waals surface area contributed by atoms with Gasteiger partial charge in [0.15, 0.2) is 13.1 Å². The van der Waals surface area contributed by atoms with Crippen molar-refractivity contribution in [2.24, 2.45) is 0 Å². The van der Waals surface area contributed by atoms with Crippen LogP contribution in [0.2, 0.25) is 5.02 Å². The Kier molecular flexibility index (Phi) is 5.61. The second-order valence-electron chi connectivity index (χ2n) is 3.88. The number of hydrogen-bond donors (Lipinski definition) is 3. The molecule has 0 fully saturated rings. The van der Waals surface area contributed by atoms with E-state index in [1.807, 2.05) is 6.92 Å². The summed E-state index contributed by atoms with van der Waals surface area (Å²) in [7, 11) is 1.56. The van der Waals surface area contributed by atoms with Crippen molar-refractivity contribution in [2.75, 3.05) is 25.5 Å². The van der Waals surface area contributed by atoms with Crippen molar-refractivity contribution in [3.8, 4) is 0 Å². The highest BCUT2D eigenvalue weighted by molar-refractivity contribution is 6.30. The maximum absolute atomic E-state index is 11.6. The number of anilines is 1. The molecule has 2 amide bonds. The molecule has 98 valence electrons. The first-order valence-corrected chi connectivity index (χ1v) is 5.99. The van der Waals surface area contributed by atoms with Crippen LogP contribution in [0.15, 0.2) is 18.2 Å². The molecule has 0 heterocycles. The van der Waals surface area contributed by atoms with E-state index in [1.165, 1.54) is 0 Å². The minimum Gasteiger partial charge on any atom is -0.354 e. The second-order valence-corrected chi connectivity index (χ2v) is 4.31. The number of aryl methyl sites for hydroxylation is 1. The van der Waals surface area contributed by atoms with E-state index in [-0.39, 0.29) is 24.9 Å². The fraction of sp³-hybridized carbons (Fsp3) is 0.333. The summed E-state index contributed by atoms with van der Waals surface area (Å²) in [6, 6.07) is 5.26. The van der Waals surface area contributed by atoms with Crippen molar-refractivity contribution in [3.63, 3.8) is 0 Å². The summed E-state index contributed by atoms with van der Waals surface area (Å²) in [6.45, 7) is 2.31. The molecule has 0 aliphatic heterocycles. The van der Waals surface area contributed by atoms with Crippen LogP contribution in [0.25, 0.3) is 0 Å². The number of carbonyl (C=O) groups excluding carboxylic acids is 2. The number of likely N-dealkylation sites (N-methyl/N-ethyl adjacent to an activating group) is 1. The maximum atomic E-state index is 11.6. The quantitative estimate of drug-likeness (QED) is 0.699. The predicted molar refractivity (Wildman–Crippen MR) is 70.5 cm³/mol. The molecule has 0 spiro atoms. The van der Waals surface area contributed by atoms with E-state index in [0.717, 1.165) is 11.3 Å². The predicted octanol–water partition coefficient (Wildman–Crippen LogP) is -0.104. The van der Waals surface area contributed by atoms with Gasteiger partial charge in [-0.15, -0.1) is 0 Å². The zero-order chi connectivity index (χ0) is 13.5. The van der Waals surface area contributed by atoms with Crippen LogP contribution in [-0.4, -0.2) is 32.0 Å². The number of benzene rings is 1. The molecule has 6 heteroatoms. The van der Waals surface area contributed by atoms with Crippen LogP contribution in [-0.2, 0) is 9.59 Å². The number of quaternary nitrogens is 1. The molecule has 18 heavy (non-hydrogen) atoms. The number of amides is 2. The molecule has 0 aromatic heterocycles. The lowest BCUT2D eigenvalue weighted by molar-refractivity contribution is -0.632. The molecular formula is C12H17ClN3O2+. The number of halogens is 1. The van der Waals surface area contributed by atoms with Crippen molar-refractivity contribution in [1.29, 1.82) is 0 Å². The van der Waals surface area contributed by atoms with Gasteiger partial charge in [0, 0.05) is 17.8 Å². The van der Waals surface area contributed by atoms with Gasteiger partial charge in [0.1, 0.15) is 0 Å². The first-order valence-electron chi connectivity index (χ1n) is 5.61. The van der Waals surface area contributed by atoms with Crippen molar-refractivity contribution in [3.05, 3.63) is 28.8 Å². The van der Waals surface area contributed by atoms with Crippen LogP contribution in [0.5, 0.6) is 0 Å². The van der Waals surface area contributed by atoms with Gasteiger partial charge in [0.25, 0.3) is 11.8 Å². The molecule has 0 saturated heterocycles. The molecule has 1 rings (SSSR count). The third-order valence-corrected chi connectivity index (χ3v) is 2.64. The summed E-state index contributed by atoms with van der Waals surface area (Å²) in [4.78, 5) is 22.6. The Bertz CT molecular complexity index is 449. The molecule has 0 saturated carbocycles. The molecule has 0 radical (unpaired) electrons. The molecule has 1 aromatic carbocycles. The van der Waals surface area contributed by atoms with Gasteiger partial charge in [0.05, 0.1) is 0 Å². The zero-order valence-electron chi connectivity index (χ0n) is 10.4. The first kappa shape index (κ1) is 14.5. The van der Waals surface area contributed by atoms with Gasteiger partial charge >= 0.3 is 0 Å². The summed E-state index contributed by atoms with van der Waals surface area (Å²) in [5.41, 5.74) is 1.64. The van der Waals surface area contributed by atoms with E-state index < -0.39 is 0 Å². The summed E-state index contributed by atoms with van der Waals surface area (Å²) in [5.74, 6) is -0.255. The standard InChI is InChI=1S/C12H16ClN3O2/c1-8-5-9(13)3-4-10(8)16-12(18)7-15-6-11(17)14-2/h3-5,15H,6-7H2,1-2H3,(H,14,17)(H,16,18)/p+1. The van der Waals surface area contributed by atoms with E-state index in [1.54, 1.807) is 30.6 Å². The highest BCUT2D eigenvalue weighted by atomic mass is 35.5. The zero-order valence-corrected chi connectivity index (χ0v) is 11.2. The molecular weight excluding hydrogens is 254 g/mol. The first-order chi connectivity index (χ1) is 8.52. The van der Waals surface area contributed by atoms with Gasteiger partial charge in [-0.2, -0.15) is 0 Å². The second kappa shape index (κ2) is 6.98. The Morgan fingerprint density at radius 1 is 1.28 bits per heavy atom. The highest BCUT2D eigenvalue weighted by Gasteiger charge is 2.08. The minimum atomic E-state index is -0.149. The summed E-state index contributed by atoms with van der Waals surface area (Å²) in [5, 5.41) is 7.53. The number of nitrogens with two attached hydrogens (primary N) is 1. The van der Waals surface area contributed by atoms with Gasteiger partial charge in [-0.05, 0) is 30.7 Å². The van der Waals surface area contributed by atoms with Gasteiger partial charge < -0.3 is 16.0 Å². The van der Waals surface area contributed by atoms with E-state index in [0.29, 0.717) is 5.02 Å². The monoisotopic (exact) mass is 270 g/mol. The highest BCUT2D eigenvalue weighted by Crippen LogP contribution is 2.19. The molecule has 1 aromatic rings. The Morgan fingerprint density at radius 2 is 1.94 bits per heavy atom. The van der Waals surface area contributed by atoms with Crippen molar-refractivity contribution in [1.82, 2.24) is 5.32 Å². The van der Waals surface area contributed by atoms with Crippen LogP contribution in [0.4, 0.5) is 5.69 Å². The maximum Gasteiger partial charge on any atom is 0.279 e. The molecule has 0 atom stereocenters. The average Bonchev–Trinajstić information content (AvgIpc) is 2.32. The van der Waals surface area contributed by atoms with Crippen molar-refractivity contribution < 1.29 is 14.9 Å². The number of rotatable bonds is 5. The van der Waals surface area contributed by atoms with E-state index in [4.69, 9.17) is 11.6 Å². The molecule has 0 aliphatic carbocycles. The Balaban J connectivity index is 2.42. The number of nitrogens with one attached hydrogen (secondary N) is 2. The molecule has 0 aliphatic rings. The lowest BCUT2D eigenvalue weighted by Crippen LogP contribution is -2.88. The summed E-state index contributed by atoms with van der Waals surface area (Å²) >= 11 is 5.82. The molecule has 0 unspecified atom stereocenters. The smallest absolute Gasteiger partial charge is 0.279 e. The topological polar surface area (TPSA) is 74.8 Å². The van der Waals surface area contributed by atoms with Crippen LogP contribution >= 0.6 is 11.6 Å². The minimum absolute atomic E-state index is 0.106. The fourth-order valence-corrected chi connectivity index (χ4v) is 1.63.